The smallest absolute Gasteiger partial charge is 0.337 e. The summed E-state index contributed by atoms with van der Waals surface area (Å²) in [7, 11) is 0. The molecule has 0 saturated carbocycles. The molecule has 20 heavy (non-hydrogen) atoms. The Morgan fingerprint density at radius 3 is 2.40 bits per heavy atom. The fourth-order valence-corrected chi connectivity index (χ4v) is 1.84. The van der Waals surface area contributed by atoms with Gasteiger partial charge in [-0.1, -0.05) is 6.07 Å². The zero-order valence-corrected chi connectivity index (χ0v) is 11.0. The van der Waals surface area contributed by atoms with Gasteiger partial charge in [0, 0.05) is 6.07 Å². The highest BCUT2D eigenvalue weighted by atomic mass is 19.1. The van der Waals surface area contributed by atoms with Gasteiger partial charge < -0.3 is 10.4 Å². The molecule has 0 amide bonds. The van der Waals surface area contributed by atoms with Gasteiger partial charge in [-0.15, -0.1) is 0 Å². The Bertz CT molecular complexity index is 684. The molecule has 2 N–H and O–H groups in total. The summed E-state index contributed by atoms with van der Waals surface area (Å²) in [5.41, 5.74) is 1.12. The molecule has 0 spiro atoms. The van der Waals surface area contributed by atoms with Crippen molar-refractivity contribution in [3.8, 4) is 0 Å². The lowest BCUT2D eigenvalue weighted by molar-refractivity contribution is 0.0698. The molecular weight excluding hydrogens is 264 g/mol. The van der Waals surface area contributed by atoms with E-state index in [0.29, 0.717) is 0 Å². The topological polar surface area (TPSA) is 49.3 Å². The maximum Gasteiger partial charge on any atom is 0.337 e. The third-order valence-electron chi connectivity index (χ3n) is 2.92. The van der Waals surface area contributed by atoms with Gasteiger partial charge in [-0.3, -0.25) is 0 Å². The van der Waals surface area contributed by atoms with Gasteiger partial charge in [0.1, 0.15) is 11.6 Å². The fraction of sp³-hybridized carbons (Fsp3) is 0.133. The molecule has 0 unspecified atom stereocenters. The summed E-state index contributed by atoms with van der Waals surface area (Å²) in [5.74, 6) is -2.33. The number of aryl methyl sites for hydroxylation is 2. The maximum atomic E-state index is 13.8. The maximum absolute atomic E-state index is 13.8. The Balaban J connectivity index is 2.47. The van der Waals surface area contributed by atoms with Crippen molar-refractivity contribution in [1.29, 1.82) is 0 Å². The zero-order valence-electron chi connectivity index (χ0n) is 11.0. The number of carboxylic acid groups (broad SMARTS) is 1. The number of rotatable bonds is 3. The molecule has 5 heteroatoms. The lowest BCUT2D eigenvalue weighted by Gasteiger charge is -2.12. The molecule has 0 saturated heterocycles. The number of carboxylic acids is 1. The highest BCUT2D eigenvalue weighted by Gasteiger charge is 2.13. The quantitative estimate of drug-likeness (QED) is 0.890. The minimum atomic E-state index is -1.14. The third kappa shape index (κ3) is 2.77. The third-order valence-corrected chi connectivity index (χ3v) is 2.92. The Kier molecular flexibility index (Phi) is 3.70. The standard InChI is InChI=1S/C15H13F2NO2/c1-8-3-4-10(15(19)20)13(5-8)18-14-7-11(16)9(2)6-12(14)17/h3-7,18H,1-2H3,(H,19,20). The summed E-state index contributed by atoms with van der Waals surface area (Å²) < 4.78 is 27.3. The van der Waals surface area contributed by atoms with E-state index in [1.807, 2.05) is 0 Å². The number of aromatic carboxylic acids is 1. The summed E-state index contributed by atoms with van der Waals surface area (Å²) in [6.45, 7) is 3.24. The van der Waals surface area contributed by atoms with Crippen molar-refractivity contribution in [2.24, 2.45) is 0 Å². The molecule has 0 radical (unpaired) electrons. The van der Waals surface area contributed by atoms with E-state index < -0.39 is 17.6 Å². The number of nitrogens with one attached hydrogen (secondary N) is 1. The van der Waals surface area contributed by atoms with E-state index >= 15 is 0 Å². The van der Waals surface area contributed by atoms with Crippen LogP contribution in [-0.4, -0.2) is 11.1 Å². The average molecular weight is 277 g/mol. The van der Waals surface area contributed by atoms with Crippen LogP contribution in [0.4, 0.5) is 20.2 Å². The second-order valence-corrected chi connectivity index (χ2v) is 4.56. The summed E-state index contributed by atoms with van der Waals surface area (Å²) in [4.78, 5) is 11.1. The Morgan fingerprint density at radius 2 is 1.75 bits per heavy atom. The second-order valence-electron chi connectivity index (χ2n) is 4.56. The highest BCUT2D eigenvalue weighted by molar-refractivity contribution is 5.95. The molecule has 3 nitrogen and oxygen atoms in total. The number of halogens is 2. The van der Waals surface area contributed by atoms with Crippen molar-refractivity contribution < 1.29 is 18.7 Å². The summed E-state index contributed by atoms with van der Waals surface area (Å²) in [6.07, 6.45) is 0. The van der Waals surface area contributed by atoms with Crippen molar-refractivity contribution in [3.05, 3.63) is 58.7 Å². The normalized spacial score (nSPS) is 10.4. The number of hydrogen-bond donors (Lipinski definition) is 2. The number of carbonyl (C=O) groups is 1. The van der Waals surface area contributed by atoms with E-state index in [4.69, 9.17) is 5.11 Å². The van der Waals surface area contributed by atoms with Crippen LogP contribution in [0.15, 0.2) is 30.3 Å². The Labute approximate surface area is 114 Å². The fourth-order valence-electron chi connectivity index (χ4n) is 1.84. The first-order valence-electron chi connectivity index (χ1n) is 5.95. The molecule has 0 aliphatic heterocycles. The lowest BCUT2D eigenvalue weighted by atomic mass is 10.1. The van der Waals surface area contributed by atoms with E-state index in [1.165, 1.54) is 13.0 Å². The van der Waals surface area contributed by atoms with Gasteiger partial charge in [-0.2, -0.15) is 0 Å². The van der Waals surface area contributed by atoms with E-state index in [-0.39, 0.29) is 22.5 Å². The molecular formula is C15H13F2NO2. The predicted octanol–water partition coefficient (Wildman–Crippen LogP) is 4.02. The van der Waals surface area contributed by atoms with Gasteiger partial charge >= 0.3 is 5.97 Å². The average Bonchev–Trinajstić information content (AvgIpc) is 2.35. The van der Waals surface area contributed by atoms with Crippen molar-refractivity contribution >= 4 is 17.3 Å². The van der Waals surface area contributed by atoms with Crippen LogP contribution in [0.2, 0.25) is 0 Å². The number of anilines is 2. The largest absolute Gasteiger partial charge is 0.478 e. The van der Waals surface area contributed by atoms with Crippen LogP contribution < -0.4 is 5.32 Å². The van der Waals surface area contributed by atoms with Gasteiger partial charge in [-0.25, -0.2) is 13.6 Å². The van der Waals surface area contributed by atoms with E-state index in [2.05, 4.69) is 5.32 Å². The molecule has 2 aromatic rings. The highest BCUT2D eigenvalue weighted by Crippen LogP contribution is 2.26. The van der Waals surface area contributed by atoms with Crippen molar-refractivity contribution in [2.45, 2.75) is 13.8 Å². The lowest BCUT2D eigenvalue weighted by Crippen LogP contribution is -2.04. The molecule has 0 heterocycles. The number of benzene rings is 2. The van der Waals surface area contributed by atoms with Gasteiger partial charge in [0.25, 0.3) is 0 Å². The van der Waals surface area contributed by atoms with E-state index in [9.17, 15) is 13.6 Å². The predicted molar refractivity (Wildman–Crippen MR) is 72.5 cm³/mol. The van der Waals surface area contributed by atoms with Crippen LogP contribution in [0.5, 0.6) is 0 Å². The summed E-state index contributed by atoms with van der Waals surface area (Å²) in [6, 6.07) is 6.70. The number of hydrogen-bond acceptors (Lipinski definition) is 2. The molecule has 0 bridgehead atoms. The minimum absolute atomic E-state index is 0.00372. The van der Waals surface area contributed by atoms with Crippen LogP contribution in [0.25, 0.3) is 0 Å². The minimum Gasteiger partial charge on any atom is -0.478 e. The molecule has 2 rings (SSSR count). The molecule has 0 aromatic heterocycles. The van der Waals surface area contributed by atoms with Crippen LogP contribution in [0.1, 0.15) is 21.5 Å². The molecule has 0 aliphatic rings. The van der Waals surface area contributed by atoms with E-state index in [0.717, 1.165) is 17.7 Å². The van der Waals surface area contributed by atoms with Crippen molar-refractivity contribution in [2.75, 3.05) is 5.32 Å². The van der Waals surface area contributed by atoms with Gasteiger partial charge in [0.15, 0.2) is 0 Å². The van der Waals surface area contributed by atoms with Gasteiger partial charge in [0.2, 0.25) is 0 Å². The molecule has 0 atom stereocenters. The van der Waals surface area contributed by atoms with Crippen LogP contribution in [-0.2, 0) is 0 Å². The SMILES string of the molecule is Cc1ccc(C(=O)O)c(Nc2cc(F)c(C)cc2F)c1. The second kappa shape index (κ2) is 5.28. The zero-order chi connectivity index (χ0) is 14.9. The monoisotopic (exact) mass is 277 g/mol. The van der Waals surface area contributed by atoms with Crippen molar-refractivity contribution in [3.63, 3.8) is 0 Å². The van der Waals surface area contributed by atoms with E-state index in [1.54, 1.807) is 19.1 Å². The molecule has 0 fully saturated rings. The van der Waals surface area contributed by atoms with Gasteiger partial charge in [-0.05, 0) is 43.2 Å². The molecule has 104 valence electrons. The van der Waals surface area contributed by atoms with Crippen molar-refractivity contribution in [1.82, 2.24) is 0 Å². The Morgan fingerprint density at radius 1 is 1.05 bits per heavy atom. The van der Waals surface area contributed by atoms with Gasteiger partial charge in [0.05, 0.1) is 16.9 Å². The first kappa shape index (κ1) is 14.0. The van der Waals surface area contributed by atoms with Crippen LogP contribution in [0.3, 0.4) is 0 Å². The summed E-state index contributed by atoms with van der Waals surface area (Å²) >= 11 is 0. The Hall–Kier alpha value is -2.43. The van der Waals surface area contributed by atoms with Crippen LogP contribution in [0, 0.1) is 25.5 Å². The molecule has 2 aromatic carbocycles. The summed E-state index contributed by atoms with van der Waals surface area (Å²) in [5, 5.41) is 11.7. The first-order chi connectivity index (χ1) is 9.38. The molecule has 0 aliphatic carbocycles. The first-order valence-corrected chi connectivity index (χ1v) is 5.95. The van der Waals surface area contributed by atoms with Crippen LogP contribution >= 0.6 is 0 Å².